The minimum Gasteiger partial charge on any atom is -0.395 e. The van der Waals surface area contributed by atoms with Crippen LogP contribution in [0.5, 0.6) is 0 Å². The first kappa shape index (κ1) is 14.8. The Hall–Kier alpha value is -0.170. The van der Waals surface area contributed by atoms with E-state index in [9.17, 15) is 8.42 Å². The molecule has 0 rings (SSSR count). The van der Waals surface area contributed by atoms with Crippen LogP contribution < -0.4 is 9.44 Å². The lowest BCUT2D eigenvalue weighted by atomic mass is 10.1. The van der Waals surface area contributed by atoms with E-state index in [1.54, 1.807) is 20.8 Å². The standard InChI is InChI=1S/C9H22N2O3S/c1-7(2)8(6-12)10-15(13,14)11-9(3,4)5/h7-8,10-12H,6H2,1-5H3. The van der Waals surface area contributed by atoms with Gasteiger partial charge in [0.1, 0.15) is 0 Å². The molecule has 0 aliphatic carbocycles. The number of aliphatic hydroxyl groups excluding tert-OH is 1. The maximum atomic E-state index is 11.6. The average molecular weight is 238 g/mol. The highest BCUT2D eigenvalue weighted by atomic mass is 32.2. The number of rotatable bonds is 5. The first-order valence-corrected chi connectivity index (χ1v) is 6.48. The Kier molecular flexibility index (Phi) is 5.19. The third-order valence-corrected chi connectivity index (χ3v) is 3.24. The molecule has 3 N–H and O–H groups in total. The summed E-state index contributed by atoms with van der Waals surface area (Å²) in [5, 5.41) is 9.00. The normalized spacial score (nSPS) is 15.7. The molecule has 5 nitrogen and oxygen atoms in total. The highest BCUT2D eigenvalue weighted by Gasteiger charge is 2.24. The van der Waals surface area contributed by atoms with Gasteiger partial charge in [-0.05, 0) is 26.7 Å². The van der Waals surface area contributed by atoms with Crippen LogP contribution in [0.2, 0.25) is 0 Å². The van der Waals surface area contributed by atoms with E-state index in [2.05, 4.69) is 9.44 Å². The molecule has 0 saturated heterocycles. The Morgan fingerprint density at radius 3 is 2.00 bits per heavy atom. The Bertz CT molecular complexity index is 280. The van der Waals surface area contributed by atoms with Crippen molar-refractivity contribution in [2.75, 3.05) is 6.61 Å². The van der Waals surface area contributed by atoms with Crippen molar-refractivity contribution in [3.63, 3.8) is 0 Å². The van der Waals surface area contributed by atoms with E-state index >= 15 is 0 Å². The molecule has 0 aromatic rings. The molecule has 92 valence electrons. The van der Waals surface area contributed by atoms with Gasteiger partial charge in [-0.15, -0.1) is 0 Å². The smallest absolute Gasteiger partial charge is 0.277 e. The Balaban J connectivity index is 4.50. The molecule has 0 aromatic carbocycles. The lowest BCUT2D eigenvalue weighted by Gasteiger charge is -2.25. The van der Waals surface area contributed by atoms with Gasteiger partial charge in [0.25, 0.3) is 10.2 Å². The maximum absolute atomic E-state index is 11.6. The van der Waals surface area contributed by atoms with E-state index in [1.807, 2.05) is 13.8 Å². The molecule has 0 heterocycles. The zero-order valence-electron chi connectivity index (χ0n) is 10.0. The Morgan fingerprint density at radius 1 is 1.27 bits per heavy atom. The molecule has 0 saturated carbocycles. The van der Waals surface area contributed by atoms with Crippen molar-refractivity contribution >= 4 is 10.2 Å². The summed E-state index contributed by atoms with van der Waals surface area (Å²) < 4.78 is 28.0. The highest BCUT2D eigenvalue weighted by Crippen LogP contribution is 2.05. The van der Waals surface area contributed by atoms with Crippen molar-refractivity contribution in [1.29, 1.82) is 0 Å². The van der Waals surface area contributed by atoms with Crippen LogP contribution in [-0.4, -0.2) is 31.7 Å². The van der Waals surface area contributed by atoms with Gasteiger partial charge in [-0.3, -0.25) is 0 Å². The summed E-state index contributed by atoms with van der Waals surface area (Å²) >= 11 is 0. The number of aliphatic hydroxyl groups is 1. The van der Waals surface area contributed by atoms with E-state index in [4.69, 9.17) is 5.11 Å². The molecular formula is C9H22N2O3S. The molecule has 0 spiro atoms. The largest absolute Gasteiger partial charge is 0.395 e. The van der Waals surface area contributed by atoms with Crippen LogP contribution in [0.25, 0.3) is 0 Å². The third-order valence-electron chi connectivity index (χ3n) is 1.75. The van der Waals surface area contributed by atoms with Gasteiger partial charge in [0.05, 0.1) is 6.61 Å². The van der Waals surface area contributed by atoms with Crippen molar-refractivity contribution in [2.45, 2.75) is 46.2 Å². The van der Waals surface area contributed by atoms with Gasteiger partial charge < -0.3 is 5.11 Å². The van der Waals surface area contributed by atoms with Crippen molar-refractivity contribution in [2.24, 2.45) is 5.92 Å². The quantitative estimate of drug-likeness (QED) is 0.641. The van der Waals surface area contributed by atoms with Gasteiger partial charge in [0.15, 0.2) is 0 Å². The van der Waals surface area contributed by atoms with Crippen LogP contribution in [0.4, 0.5) is 0 Å². The predicted molar refractivity (Wildman–Crippen MR) is 60.7 cm³/mol. The molecule has 0 amide bonds. The average Bonchev–Trinajstić information content (AvgIpc) is 1.94. The summed E-state index contributed by atoms with van der Waals surface area (Å²) in [4.78, 5) is 0. The molecule has 6 heteroatoms. The van der Waals surface area contributed by atoms with Gasteiger partial charge >= 0.3 is 0 Å². The summed E-state index contributed by atoms with van der Waals surface area (Å²) in [6, 6.07) is -0.454. The third kappa shape index (κ3) is 6.83. The van der Waals surface area contributed by atoms with Crippen LogP contribution in [-0.2, 0) is 10.2 Å². The van der Waals surface area contributed by atoms with Crippen molar-refractivity contribution < 1.29 is 13.5 Å². The number of hydrogen-bond acceptors (Lipinski definition) is 3. The highest BCUT2D eigenvalue weighted by molar-refractivity contribution is 7.87. The Labute approximate surface area is 92.4 Å². The molecule has 0 radical (unpaired) electrons. The second-order valence-corrected chi connectivity index (χ2v) is 6.45. The monoisotopic (exact) mass is 238 g/mol. The molecule has 1 atom stereocenters. The summed E-state index contributed by atoms with van der Waals surface area (Å²) in [6.45, 7) is 8.77. The van der Waals surface area contributed by atoms with Crippen LogP contribution >= 0.6 is 0 Å². The van der Waals surface area contributed by atoms with Crippen LogP contribution in [0, 0.1) is 5.92 Å². The maximum Gasteiger partial charge on any atom is 0.277 e. The van der Waals surface area contributed by atoms with E-state index in [0.29, 0.717) is 0 Å². The molecular weight excluding hydrogens is 216 g/mol. The molecule has 1 unspecified atom stereocenters. The zero-order valence-corrected chi connectivity index (χ0v) is 10.9. The molecule has 0 aromatic heterocycles. The van der Waals surface area contributed by atoms with Crippen LogP contribution in [0.3, 0.4) is 0 Å². The van der Waals surface area contributed by atoms with E-state index in [1.165, 1.54) is 0 Å². The molecule has 0 bridgehead atoms. The van der Waals surface area contributed by atoms with E-state index < -0.39 is 21.8 Å². The van der Waals surface area contributed by atoms with Crippen molar-refractivity contribution in [3.05, 3.63) is 0 Å². The van der Waals surface area contributed by atoms with Gasteiger partial charge in [0.2, 0.25) is 0 Å². The lowest BCUT2D eigenvalue weighted by molar-refractivity contribution is 0.227. The SMILES string of the molecule is CC(C)C(CO)NS(=O)(=O)NC(C)(C)C. The lowest BCUT2D eigenvalue weighted by Crippen LogP contribution is -2.52. The second-order valence-electron chi connectivity index (χ2n) is 5.01. The minimum atomic E-state index is -3.56. The van der Waals surface area contributed by atoms with E-state index in [-0.39, 0.29) is 12.5 Å². The second kappa shape index (κ2) is 5.25. The molecule has 0 fully saturated rings. The topological polar surface area (TPSA) is 78.4 Å². The van der Waals surface area contributed by atoms with E-state index in [0.717, 1.165) is 0 Å². The van der Waals surface area contributed by atoms with Gasteiger partial charge in [-0.1, -0.05) is 13.8 Å². The van der Waals surface area contributed by atoms with Crippen LogP contribution in [0.15, 0.2) is 0 Å². The number of hydrogen-bond donors (Lipinski definition) is 3. The molecule has 0 aliphatic rings. The van der Waals surface area contributed by atoms with Gasteiger partial charge in [0, 0.05) is 11.6 Å². The minimum absolute atomic E-state index is 0.0477. The summed E-state index contributed by atoms with van der Waals surface area (Å²) in [6.07, 6.45) is 0. The fraction of sp³-hybridized carbons (Fsp3) is 1.00. The predicted octanol–water partition coefficient (Wildman–Crippen LogP) is 0.226. The first-order valence-electron chi connectivity index (χ1n) is 4.99. The van der Waals surface area contributed by atoms with Crippen molar-refractivity contribution in [1.82, 2.24) is 9.44 Å². The molecule has 0 aliphatic heterocycles. The zero-order chi connectivity index (χ0) is 12.3. The molecule has 15 heavy (non-hydrogen) atoms. The Morgan fingerprint density at radius 2 is 1.73 bits per heavy atom. The van der Waals surface area contributed by atoms with Crippen LogP contribution in [0.1, 0.15) is 34.6 Å². The summed E-state index contributed by atoms with van der Waals surface area (Å²) in [5.41, 5.74) is -0.525. The summed E-state index contributed by atoms with van der Waals surface area (Å²) in [5.74, 6) is 0.0477. The fourth-order valence-electron chi connectivity index (χ4n) is 1.02. The van der Waals surface area contributed by atoms with Crippen molar-refractivity contribution in [3.8, 4) is 0 Å². The number of nitrogens with one attached hydrogen (secondary N) is 2. The fourth-order valence-corrected chi connectivity index (χ4v) is 2.63. The summed E-state index contributed by atoms with van der Waals surface area (Å²) in [7, 11) is -3.56. The first-order chi connectivity index (χ1) is 6.57. The van der Waals surface area contributed by atoms with Gasteiger partial charge in [-0.25, -0.2) is 0 Å². The van der Waals surface area contributed by atoms with Gasteiger partial charge in [-0.2, -0.15) is 17.9 Å².